The summed E-state index contributed by atoms with van der Waals surface area (Å²) in [6, 6.07) is 11.2. The van der Waals surface area contributed by atoms with Gasteiger partial charge >= 0.3 is 11.8 Å². The lowest BCUT2D eigenvalue weighted by atomic mass is 9.96. The lowest BCUT2D eigenvalue weighted by molar-refractivity contribution is -0.139. The van der Waals surface area contributed by atoms with Crippen LogP contribution in [0.2, 0.25) is 0 Å². The van der Waals surface area contributed by atoms with Crippen LogP contribution >= 0.6 is 0 Å². The van der Waals surface area contributed by atoms with E-state index in [4.69, 9.17) is 4.74 Å². The van der Waals surface area contributed by atoms with Crippen LogP contribution in [-0.2, 0) is 16.1 Å². The van der Waals surface area contributed by atoms with Gasteiger partial charge in [0.15, 0.2) is 0 Å². The van der Waals surface area contributed by atoms with E-state index in [1.807, 2.05) is 45.0 Å². The van der Waals surface area contributed by atoms with Gasteiger partial charge in [-0.05, 0) is 67.6 Å². The molecule has 0 bridgehead atoms. The van der Waals surface area contributed by atoms with E-state index in [-0.39, 0.29) is 12.6 Å². The fraction of sp³-hybridized carbons (Fsp3) is 0.333. The van der Waals surface area contributed by atoms with Crippen LogP contribution in [0.4, 0.5) is 0 Å². The lowest BCUT2D eigenvalue weighted by Crippen LogP contribution is -2.40. The molecule has 0 aliphatic heterocycles. The highest BCUT2D eigenvalue weighted by atomic mass is 16.5. The predicted octanol–water partition coefficient (Wildman–Crippen LogP) is 3.11. The Bertz CT molecular complexity index is 798. The normalized spacial score (nSPS) is 11.6. The zero-order valence-electron chi connectivity index (χ0n) is 16.0. The average Bonchev–Trinajstić information content (AvgIpc) is 2.62. The van der Waals surface area contributed by atoms with E-state index in [0.717, 1.165) is 28.0 Å². The van der Waals surface area contributed by atoms with Gasteiger partial charge in [0, 0.05) is 6.54 Å². The number of carbonyl (C=O) groups is 2. The molecule has 0 aliphatic rings. The minimum atomic E-state index is -0.644. The van der Waals surface area contributed by atoms with E-state index in [0.29, 0.717) is 0 Å². The minimum absolute atomic E-state index is 0.242. The monoisotopic (exact) mass is 354 g/mol. The molecule has 0 fully saturated rings. The Labute approximate surface area is 154 Å². The lowest BCUT2D eigenvalue weighted by Gasteiger charge is -2.18. The first-order valence-corrected chi connectivity index (χ1v) is 8.61. The summed E-state index contributed by atoms with van der Waals surface area (Å²) < 4.78 is 5.09. The molecule has 5 nitrogen and oxygen atoms in total. The predicted molar refractivity (Wildman–Crippen MR) is 102 cm³/mol. The third kappa shape index (κ3) is 4.85. The summed E-state index contributed by atoms with van der Waals surface area (Å²) in [5.41, 5.74) is 5.38. The van der Waals surface area contributed by atoms with Gasteiger partial charge in [-0.25, -0.2) is 0 Å². The van der Waals surface area contributed by atoms with Crippen molar-refractivity contribution in [3.8, 4) is 5.75 Å². The number of nitrogens with one attached hydrogen (secondary N) is 2. The molecule has 0 radical (unpaired) electrons. The van der Waals surface area contributed by atoms with Crippen LogP contribution in [0.3, 0.4) is 0 Å². The van der Waals surface area contributed by atoms with Gasteiger partial charge in [0.1, 0.15) is 5.75 Å². The van der Waals surface area contributed by atoms with Crippen LogP contribution < -0.4 is 15.4 Å². The summed E-state index contributed by atoms with van der Waals surface area (Å²) >= 11 is 0. The van der Waals surface area contributed by atoms with Crippen molar-refractivity contribution in [2.45, 2.75) is 40.3 Å². The maximum atomic E-state index is 12.2. The molecule has 0 aliphatic carbocycles. The molecule has 1 atom stereocenters. The topological polar surface area (TPSA) is 67.4 Å². The molecule has 2 aromatic carbocycles. The Morgan fingerprint density at radius 3 is 2.19 bits per heavy atom. The Kier molecular flexibility index (Phi) is 6.39. The van der Waals surface area contributed by atoms with E-state index in [1.54, 1.807) is 7.11 Å². The first kappa shape index (κ1) is 19.5. The number of carbonyl (C=O) groups excluding carboxylic acids is 2. The third-order valence-electron chi connectivity index (χ3n) is 4.51. The zero-order chi connectivity index (χ0) is 19.3. The first-order chi connectivity index (χ1) is 12.3. The van der Waals surface area contributed by atoms with Crippen molar-refractivity contribution in [3.63, 3.8) is 0 Å². The van der Waals surface area contributed by atoms with Gasteiger partial charge in [-0.15, -0.1) is 0 Å². The average molecular weight is 354 g/mol. The van der Waals surface area contributed by atoms with Crippen molar-refractivity contribution in [1.29, 1.82) is 0 Å². The number of ether oxygens (including phenoxy) is 1. The second kappa shape index (κ2) is 8.52. The molecule has 0 saturated heterocycles. The zero-order valence-corrected chi connectivity index (χ0v) is 16.0. The SMILES string of the molecule is COc1ccc(CNC(=O)C(=O)N[C@H](C)c2cc(C)c(C)cc2C)cc1. The maximum absolute atomic E-state index is 12.2. The van der Waals surface area contributed by atoms with Crippen molar-refractivity contribution in [3.05, 3.63) is 64.2 Å². The molecule has 0 heterocycles. The molecule has 0 aromatic heterocycles. The van der Waals surface area contributed by atoms with Crippen LogP contribution in [0, 0.1) is 20.8 Å². The van der Waals surface area contributed by atoms with Crippen LogP contribution in [0.1, 0.15) is 40.8 Å². The molecule has 2 N–H and O–H groups in total. The number of amides is 2. The molecule has 26 heavy (non-hydrogen) atoms. The first-order valence-electron chi connectivity index (χ1n) is 8.61. The number of hydrogen-bond acceptors (Lipinski definition) is 3. The van der Waals surface area contributed by atoms with E-state index in [9.17, 15) is 9.59 Å². The van der Waals surface area contributed by atoms with Crippen molar-refractivity contribution >= 4 is 11.8 Å². The van der Waals surface area contributed by atoms with E-state index in [1.165, 1.54) is 5.56 Å². The van der Waals surface area contributed by atoms with E-state index < -0.39 is 11.8 Å². The second-order valence-corrected chi connectivity index (χ2v) is 6.52. The third-order valence-corrected chi connectivity index (χ3v) is 4.51. The molecular weight excluding hydrogens is 328 g/mol. The standard InChI is InChI=1S/C21H26N2O3/c1-13-10-15(3)19(11-14(13)2)16(4)23-21(25)20(24)22-12-17-6-8-18(26-5)9-7-17/h6-11,16H,12H2,1-5H3,(H,22,24)(H,23,25)/t16-/m1/s1. The fourth-order valence-corrected chi connectivity index (χ4v) is 2.80. The highest BCUT2D eigenvalue weighted by molar-refractivity contribution is 6.35. The van der Waals surface area contributed by atoms with Crippen LogP contribution in [0.5, 0.6) is 5.75 Å². The molecule has 2 aromatic rings. The minimum Gasteiger partial charge on any atom is -0.497 e. The van der Waals surface area contributed by atoms with Crippen molar-refractivity contribution in [1.82, 2.24) is 10.6 Å². The van der Waals surface area contributed by atoms with Gasteiger partial charge in [-0.1, -0.05) is 24.3 Å². The Hall–Kier alpha value is -2.82. The summed E-state index contributed by atoms with van der Waals surface area (Å²) in [6.07, 6.45) is 0. The maximum Gasteiger partial charge on any atom is 0.309 e. The smallest absolute Gasteiger partial charge is 0.309 e. The molecule has 0 unspecified atom stereocenters. The van der Waals surface area contributed by atoms with E-state index in [2.05, 4.69) is 29.7 Å². The van der Waals surface area contributed by atoms with Crippen LogP contribution in [0.25, 0.3) is 0 Å². The Balaban J connectivity index is 1.93. The van der Waals surface area contributed by atoms with Gasteiger partial charge in [-0.2, -0.15) is 0 Å². The van der Waals surface area contributed by atoms with Crippen LogP contribution in [0.15, 0.2) is 36.4 Å². The van der Waals surface area contributed by atoms with Gasteiger partial charge in [-0.3, -0.25) is 9.59 Å². The number of benzene rings is 2. The van der Waals surface area contributed by atoms with Gasteiger partial charge in [0.05, 0.1) is 13.2 Å². The second-order valence-electron chi connectivity index (χ2n) is 6.52. The van der Waals surface area contributed by atoms with Crippen molar-refractivity contribution < 1.29 is 14.3 Å². The van der Waals surface area contributed by atoms with Gasteiger partial charge in [0.2, 0.25) is 0 Å². The largest absolute Gasteiger partial charge is 0.497 e. The summed E-state index contributed by atoms with van der Waals surface area (Å²) in [6.45, 7) is 8.27. The van der Waals surface area contributed by atoms with Crippen molar-refractivity contribution in [2.75, 3.05) is 7.11 Å². The van der Waals surface area contributed by atoms with Crippen molar-refractivity contribution in [2.24, 2.45) is 0 Å². The summed E-state index contributed by atoms with van der Waals surface area (Å²) in [5, 5.41) is 5.40. The molecule has 2 amide bonds. The highest BCUT2D eigenvalue weighted by Crippen LogP contribution is 2.21. The summed E-state index contributed by atoms with van der Waals surface area (Å²) in [7, 11) is 1.60. The molecule has 0 spiro atoms. The highest BCUT2D eigenvalue weighted by Gasteiger charge is 2.18. The number of rotatable bonds is 5. The number of hydrogen-bond donors (Lipinski definition) is 2. The molecular formula is C21H26N2O3. The summed E-state index contributed by atoms with van der Waals surface area (Å²) in [5.74, 6) is -0.534. The van der Waals surface area contributed by atoms with Crippen LogP contribution in [-0.4, -0.2) is 18.9 Å². The molecule has 2 rings (SSSR count). The molecule has 5 heteroatoms. The molecule has 138 valence electrons. The number of aryl methyl sites for hydroxylation is 3. The van der Waals surface area contributed by atoms with E-state index >= 15 is 0 Å². The summed E-state index contributed by atoms with van der Waals surface area (Å²) in [4.78, 5) is 24.2. The molecule has 0 saturated carbocycles. The van der Waals surface area contributed by atoms with Gasteiger partial charge < -0.3 is 15.4 Å². The van der Waals surface area contributed by atoms with Gasteiger partial charge in [0.25, 0.3) is 0 Å². The Morgan fingerprint density at radius 2 is 1.58 bits per heavy atom. The quantitative estimate of drug-likeness (QED) is 0.811. The number of methoxy groups -OCH3 is 1. The fourth-order valence-electron chi connectivity index (χ4n) is 2.80. The Morgan fingerprint density at radius 1 is 0.962 bits per heavy atom.